The predicted molar refractivity (Wildman–Crippen MR) is 138 cm³/mol. The number of anilines is 1. The van der Waals surface area contributed by atoms with Crippen molar-refractivity contribution in [2.75, 3.05) is 36.9 Å². The second-order valence-electron chi connectivity index (χ2n) is 8.71. The zero-order valence-corrected chi connectivity index (χ0v) is 21.5. The zero-order valence-electron chi connectivity index (χ0n) is 20.7. The minimum absolute atomic E-state index is 0.0780. The molecular weight excluding hydrogens is 484 g/mol. The fourth-order valence-corrected chi connectivity index (χ4v) is 4.56. The Morgan fingerprint density at radius 2 is 1.83 bits per heavy atom. The number of nitrogens with zero attached hydrogens (tertiary/aromatic N) is 2. The molecule has 1 heterocycles. The van der Waals surface area contributed by atoms with E-state index in [1.807, 2.05) is 19.9 Å². The summed E-state index contributed by atoms with van der Waals surface area (Å²) in [5.74, 6) is -0.284. The number of nitrogens with one attached hydrogen (secondary N) is 2. The van der Waals surface area contributed by atoms with E-state index in [1.165, 1.54) is 6.21 Å². The number of benzene rings is 2. The van der Waals surface area contributed by atoms with E-state index in [2.05, 4.69) is 15.8 Å². The Kier molecular flexibility index (Phi) is 9.43. The van der Waals surface area contributed by atoms with Crippen LogP contribution in [0.1, 0.15) is 29.5 Å². The van der Waals surface area contributed by atoms with Crippen LogP contribution in [0.3, 0.4) is 0 Å². The summed E-state index contributed by atoms with van der Waals surface area (Å²) in [5, 5.41) is 6.70. The van der Waals surface area contributed by atoms with Crippen LogP contribution in [0.5, 0.6) is 5.75 Å². The molecule has 0 spiro atoms. The van der Waals surface area contributed by atoms with E-state index in [1.54, 1.807) is 36.4 Å². The van der Waals surface area contributed by atoms with Gasteiger partial charge in [-0.25, -0.2) is 13.8 Å². The van der Waals surface area contributed by atoms with Crippen LogP contribution in [-0.4, -0.2) is 65.1 Å². The van der Waals surface area contributed by atoms with E-state index in [4.69, 9.17) is 9.47 Å². The third-order valence-electron chi connectivity index (χ3n) is 5.39. The van der Waals surface area contributed by atoms with Crippen LogP contribution >= 0.6 is 0 Å². The number of carbonyl (C=O) groups excluding carboxylic acids is 2. The standard InChI is InChI=1S/C25H32N4O6S/c1-18-11-19(2)13-21(12-18)29(36(3,32)33)16-24(30)28-27-14-20-6-8-22(9-7-20)35-17-25(31)26-15-23-5-4-10-34-23/h6-9,11-14,23H,4-5,10,15-17H2,1-3H3,(H,26,31)(H,28,30)/b27-14-/t23-/m0/s1. The van der Waals surface area contributed by atoms with Gasteiger partial charge in [0.05, 0.1) is 24.3 Å². The average Bonchev–Trinajstić information content (AvgIpc) is 3.33. The third kappa shape index (κ3) is 8.65. The van der Waals surface area contributed by atoms with Gasteiger partial charge in [-0.05, 0) is 79.8 Å². The maximum atomic E-state index is 12.4. The number of hydrazone groups is 1. The Balaban J connectivity index is 1.47. The molecule has 3 rings (SSSR count). The van der Waals surface area contributed by atoms with Crippen molar-refractivity contribution in [1.29, 1.82) is 0 Å². The summed E-state index contributed by atoms with van der Waals surface area (Å²) in [7, 11) is -3.68. The molecule has 0 radical (unpaired) electrons. The van der Waals surface area contributed by atoms with Gasteiger partial charge in [0.25, 0.3) is 11.8 Å². The fourth-order valence-electron chi connectivity index (χ4n) is 3.72. The van der Waals surface area contributed by atoms with Gasteiger partial charge in [0.2, 0.25) is 10.0 Å². The van der Waals surface area contributed by atoms with Crippen LogP contribution in [0, 0.1) is 13.8 Å². The minimum atomic E-state index is -3.68. The highest BCUT2D eigenvalue weighted by atomic mass is 32.2. The van der Waals surface area contributed by atoms with Crippen LogP contribution in [-0.2, 0) is 24.3 Å². The first-order valence-electron chi connectivity index (χ1n) is 11.6. The van der Waals surface area contributed by atoms with Crippen molar-refractivity contribution >= 4 is 33.7 Å². The first-order valence-corrected chi connectivity index (χ1v) is 13.4. The summed E-state index contributed by atoms with van der Waals surface area (Å²) in [6.45, 7) is 4.44. The maximum Gasteiger partial charge on any atom is 0.260 e. The van der Waals surface area contributed by atoms with Crippen molar-refractivity contribution in [3.63, 3.8) is 0 Å². The monoisotopic (exact) mass is 516 g/mol. The van der Waals surface area contributed by atoms with Gasteiger partial charge in [-0.1, -0.05) is 6.07 Å². The molecule has 0 unspecified atom stereocenters. The minimum Gasteiger partial charge on any atom is -0.484 e. The number of sulfonamides is 1. The smallest absolute Gasteiger partial charge is 0.260 e. The molecule has 36 heavy (non-hydrogen) atoms. The van der Waals surface area contributed by atoms with Crippen molar-refractivity contribution in [3.05, 3.63) is 59.2 Å². The summed E-state index contributed by atoms with van der Waals surface area (Å²) in [4.78, 5) is 24.3. The molecule has 194 valence electrons. The second kappa shape index (κ2) is 12.5. The van der Waals surface area contributed by atoms with E-state index in [9.17, 15) is 18.0 Å². The molecule has 0 aliphatic carbocycles. The number of rotatable bonds is 11. The van der Waals surface area contributed by atoms with Crippen molar-refractivity contribution < 1.29 is 27.5 Å². The number of ether oxygens (including phenoxy) is 2. The quantitative estimate of drug-likeness (QED) is 0.347. The number of carbonyl (C=O) groups is 2. The van der Waals surface area contributed by atoms with Gasteiger partial charge in [-0.2, -0.15) is 5.10 Å². The molecule has 2 aromatic carbocycles. The molecule has 1 saturated heterocycles. The summed E-state index contributed by atoms with van der Waals surface area (Å²) < 4.78 is 36.5. The Hall–Kier alpha value is -3.44. The summed E-state index contributed by atoms with van der Waals surface area (Å²) >= 11 is 0. The van der Waals surface area contributed by atoms with E-state index in [0.29, 0.717) is 23.5 Å². The molecule has 2 amide bonds. The molecular formula is C25H32N4O6S. The van der Waals surface area contributed by atoms with E-state index >= 15 is 0 Å². The lowest BCUT2D eigenvalue weighted by Gasteiger charge is -2.22. The SMILES string of the molecule is Cc1cc(C)cc(N(CC(=O)N/N=C\c2ccc(OCC(=O)NC[C@@H]3CCCO3)cc2)S(C)(=O)=O)c1. The fraction of sp³-hybridized carbons (Fsp3) is 0.400. The van der Waals surface area contributed by atoms with Crippen molar-refractivity contribution in [3.8, 4) is 5.75 Å². The molecule has 2 N–H and O–H groups in total. The second-order valence-corrected chi connectivity index (χ2v) is 10.6. The van der Waals surface area contributed by atoms with E-state index in [0.717, 1.165) is 41.1 Å². The van der Waals surface area contributed by atoms with Gasteiger partial charge >= 0.3 is 0 Å². The Morgan fingerprint density at radius 3 is 2.44 bits per heavy atom. The molecule has 1 aliphatic heterocycles. The van der Waals surface area contributed by atoms with Crippen molar-refractivity contribution in [2.45, 2.75) is 32.8 Å². The molecule has 0 bridgehead atoms. The first kappa shape index (κ1) is 27.2. The van der Waals surface area contributed by atoms with E-state index < -0.39 is 22.5 Å². The Bertz CT molecular complexity index is 1170. The van der Waals surface area contributed by atoms with Crippen LogP contribution in [0.2, 0.25) is 0 Å². The predicted octanol–water partition coefficient (Wildman–Crippen LogP) is 1.89. The topological polar surface area (TPSA) is 126 Å². The normalized spacial score (nSPS) is 15.6. The highest BCUT2D eigenvalue weighted by Gasteiger charge is 2.21. The largest absolute Gasteiger partial charge is 0.484 e. The van der Waals surface area contributed by atoms with E-state index in [-0.39, 0.29) is 18.6 Å². The average molecular weight is 517 g/mol. The number of hydrogen-bond donors (Lipinski definition) is 2. The molecule has 0 saturated carbocycles. The highest BCUT2D eigenvalue weighted by molar-refractivity contribution is 7.92. The van der Waals surface area contributed by atoms with Crippen molar-refractivity contribution in [1.82, 2.24) is 10.7 Å². The van der Waals surface area contributed by atoms with Crippen LogP contribution < -0.4 is 19.8 Å². The zero-order chi connectivity index (χ0) is 26.1. The number of hydrogen-bond acceptors (Lipinski definition) is 7. The number of amides is 2. The van der Waals surface area contributed by atoms with Gasteiger partial charge in [0, 0.05) is 13.2 Å². The molecule has 1 fully saturated rings. The van der Waals surface area contributed by atoms with Gasteiger partial charge in [0.15, 0.2) is 6.61 Å². The maximum absolute atomic E-state index is 12.4. The lowest BCUT2D eigenvalue weighted by Crippen LogP contribution is -2.39. The molecule has 10 nitrogen and oxygen atoms in total. The molecule has 0 aromatic heterocycles. The summed E-state index contributed by atoms with van der Waals surface area (Å²) in [5.41, 5.74) is 5.24. The molecule has 2 aromatic rings. The molecule has 1 aliphatic rings. The van der Waals surface area contributed by atoms with Gasteiger partial charge in [-0.3, -0.25) is 13.9 Å². The van der Waals surface area contributed by atoms with Crippen LogP contribution in [0.25, 0.3) is 0 Å². The molecule has 11 heteroatoms. The number of aryl methyl sites for hydroxylation is 2. The highest BCUT2D eigenvalue weighted by Crippen LogP contribution is 2.21. The summed E-state index contributed by atoms with van der Waals surface area (Å²) in [6, 6.07) is 12.1. The van der Waals surface area contributed by atoms with Crippen LogP contribution in [0.15, 0.2) is 47.6 Å². The van der Waals surface area contributed by atoms with Gasteiger partial charge in [-0.15, -0.1) is 0 Å². The van der Waals surface area contributed by atoms with Crippen molar-refractivity contribution in [2.24, 2.45) is 5.10 Å². The summed E-state index contributed by atoms with van der Waals surface area (Å²) in [6.07, 6.45) is 4.53. The van der Waals surface area contributed by atoms with Gasteiger partial charge in [0.1, 0.15) is 12.3 Å². The third-order valence-corrected chi connectivity index (χ3v) is 6.53. The van der Waals surface area contributed by atoms with Crippen LogP contribution in [0.4, 0.5) is 5.69 Å². The lowest BCUT2D eigenvalue weighted by atomic mass is 10.1. The molecule has 1 atom stereocenters. The Morgan fingerprint density at radius 1 is 1.14 bits per heavy atom. The Labute approximate surface area is 211 Å². The lowest BCUT2D eigenvalue weighted by molar-refractivity contribution is -0.123. The van der Waals surface area contributed by atoms with Gasteiger partial charge < -0.3 is 14.8 Å². The first-order chi connectivity index (χ1) is 17.1.